The van der Waals surface area contributed by atoms with Gasteiger partial charge in [0.25, 0.3) is 0 Å². The molecule has 0 bridgehead atoms. The smallest absolute Gasteiger partial charge is 0.192 e. The normalized spacial score (nSPS) is 21.0. The van der Waals surface area contributed by atoms with Crippen LogP contribution < -0.4 is 15.5 Å². The van der Waals surface area contributed by atoms with Crippen molar-refractivity contribution in [3.05, 3.63) is 24.0 Å². The number of piperidine rings is 1. The van der Waals surface area contributed by atoms with Gasteiger partial charge in [-0.05, 0) is 32.6 Å². The van der Waals surface area contributed by atoms with E-state index in [0.717, 1.165) is 43.5 Å². The fourth-order valence-corrected chi connectivity index (χ4v) is 4.23. The first-order chi connectivity index (χ1) is 14.1. The minimum Gasteiger partial charge on any atom is -0.367 e. The lowest BCUT2D eigenvalue weighted by atomic mass is 10.1. The Labute approximate surface area is 172 Å². The standard InChI is InChI=1S/C20H33N9/c1-15-25-26-19(28(15)3)12-21-20(23-16-7-4-5-8-16)24-17-9-6-10-29(13-17)18-11-22-27(2)14-18/h11,14,16-17H,4-10,12-13H2,1-3H3,(H2,21,23,24). The van der Waals surface area contributed by atoms with Crippen LogP contribution in [0, 0.1) is 6.92 Å². The third-order valence-corrected chi connectivity index (χ3v) is 6.08. The summed E-state index contributed by atoms with van der Waals surface area (Å²) >= 11 is 0. The van der Waals surface area contributed by atoms with Crippen LogP contribution in [0.15, 0.2) is 17.4 Å². The summed E-state index contributed by atoms with van der Waals surface area (Å²) in [4.78, 5) is 7.27. The third kappa shape index (κ3) is 4.89. The summed E-state index contributed by atoms with van der Waals surface area (Å²) in [6, 6.07) is 0.873. The number of guanidine groups is 1. The van der Waals surface area contributed by atoms with Crippen molar-refractivity contribution in [3.8, 4) is 0 Å². The van der Waals surface area contributed by atoms with Gasteiger partial charge in [-0.25, -0.2) is 4.99 Å². The van der Waals surface area contributed by atoms with Crippen LogP contribution in [0.1, 0.15) is 50.2 Å². The number of rotatable bonds is 5. The molecule has 0 amide bonds. The highest BCUT2D eigenvalue weighted by Gasteiger charge is 2.23. The van der Waals surface area contributed by atoms with E-state index in [1.54, 1.807) is 0 Å². The summed E-state index contributed by atoms with van der Waals surface area (Å²) in [5.74, 6) is 2.69. The summed E-state index contributed by atoms with van der Waals surface area (Å²) in [6.07, 6.45) is 11.4. The maximum Gasteiger partial charge on any atom is 0.192 e. The van der Waals surface area contributed by atoms with E-state index in [-0.39, 0.29) is 0 Å². The monoisotopic (exact) mass is 399 g/mol. The van der Waals surface area contributed by atoms with Gasteiger partial charge in [0.15, 0.2) is 11.8 Å². The van der Waals surface area contributed by atoms with E-state index in [4.69, 9.17) is 4.99 Å². The minimum atomic E-state index is 0.359. The third-order valence-electron chi connectivity index (χ3n) is 6.08. The van der Waals surface area contributed by atoms with Crippen molar-refractivity contribution >= 4 is 11.6 Å². The van der Waals surface area contributed by atoms with E-state index in [1.165, 1.54) is 31.4 Å². The SMILES string of the molecule is Cc1nnc(CN=C(NC2CCCC2)NC2CCCN(c3cnn(C)c3)C2)n1C. The molecule has 1 atom stereocenters. The highest BCUT2D eigenvalue weighted by Crippen LogP contribution is 2.20. The topological polar surface area (TPSA) is 88.2 Å². The molecule has 2 aromatic rings. The zero-order valence-electron chi connectivity index (χ0n) is 17.8. The van der Waals surface area contributed by atoms with Crippen molar-refractivity contribution in [1.29, 1.82) is 0 Å². The Morgan fingerprint density at radius 1 is 1.10 bits per heavy atom. The molecule has 9 heteroatoms. The number of aliphatic imine (C=N–C) groups is 1. The van der Waals surface area contributed by atoms with Gasteiger partial charge in [-0.2, -0.15) is 5.10 Å². The lowest BCUT2D eigenvalue weighted by Crippen LogP contribution is -2.52. The maximum atomic E-state index is 4.86. The van der Waals surface area contributed by atoms with Gasteiger partial charge in [0.1, 0.15) is 12.4 Å². The van der Waals surface area contributed by atoms with Gasteiger partial charge in [0.05, 0.1) is 11.9 Å². The molecule has 1 unspecified atom stereocenters. The van der Waals surface area contributed by atoms with Gasteiger partial charge < -0.3 is 20.1 Å². The number of hydrogen-bond acceptors (Lipinski definition) is 5. The number of aromatic nitrogens is 5. The van der Waals surface area contributed by atoms with Crippen molar-refractivity contribution in [3.63, 3.8) is 0 Å². The Hall–Kier alpha value is -2.58. The molecule has 4 rings (SSSR count). The molecule has 2 aliphatic rings. The van der Waals surface area contributed by atoms with Crippen LogP contribution in [0.5, 0.6) is 0 Å². The van der Waals surface area contributed by atoms with E-state index in [0.29, 0.717) is 18.6 Å². The first-order valence-electron chi connectivity index (χ1n) is 10.7. The molecule has 2 fully saturated rings. The zero-order valence-corrected chi connectivity index (χ0v) is 17.8. The Bertz CT molecular complexity index is 831. The number of aryl methyl sites for hydroxylation is 2. The Balaban J connectivity index is 1.43. The number of nitrogens with zero attached hydrogens (tertiary/aromatic N) is 7. The maximum absolute atomic E-state index is 4.86. The second-order valence-electron chi connectivity index (χ2n) is 8.31. The summed E-state index contributed by atoms with van der Waals surface area (Å²) in [6.45, 7) is 4.52. The van der Waals surface area contributed by atoms with Gasteiger partial charge in [-0.3, -0.25) is 4.68 Å². The highest BCUT2D eigenvalue weighted by atomic mass is 15.3. The fraction of sp³-hybridized carbons (Fsp3) is 0.700. The van der Waals surface area contributed by atoms with E-state index < -0.39 is 0 Å². The molecule has 0 aromatic carbocycles. The molecule has 1 aliphatic heterocycles. The lowest BCUT2D eigenvalue weighted by molar-refractivity contribution is 0.463. The van der Waals surface area contributed by atoms with Gasteiger partial charge in [0, 0.05) is 45.5 Å². The van der Waals surface area contributed by atoms with E-state index in [9.17, 15) is 0 Å². The summed E-state index contributed by atoms with van der Waals surface area (Å²) in [7, 11) is 3.96. The molecule has 0 radical (unpaired) electrons. The Morgan fingerprint density at radius 2 is 1.86 bits per heavy atom. The average molecular weight is 400 g/mol. The van der Waals surface area contributed by atoms with E-state index >= 15 is 0 Å². The van der Waals surface area contributed by atoms with Crippen LogP contribution in [-0.2, 0) is 20.6 Å². The largest absolute Gasteiger partial charge is 0.367 e. The number of anilines is 1. The molecule has 3 heterocycles. The van der Waals surface area contributed by atoms with Gasteiger partial charge in [0.2, 0.25) is 0 Å². The fourth-order valence-electron chi connectivity index (χ4n) is 4.23. The predicted octanol–water partition coefficient (Wildman–Crippen LogP) is 1.50. The summed E-state index contributed by atoms with van der Waals surface area (Å²) in [5, 5.41) is 20.1. The van der Waals surface area contributed by atoms with Gasteiger partial charge in [-0.15, -0.1) is 10.2 Å². The molecule has 2 N–H and O–H groups in total. The molecule has 29 heavy (non-hydrogen) atoms. The number of hydrogen-bond donors (Lipinski definition) is 2. The first kappa shape index (κ1) is 19.7. The molecule has 9 nitrogen and oxygen atoms in total. The second kappa shape index (κ2) is 8.84. The van der Waals surface area contributed by atoms with Crippen molar-refractivity contribution < 1.29 is 0 Å². The van der Waals surface area contributed by atoms with E-state index in [2.05, 4.69) is 37.0 Å². The van der Waals surface area contributed by atoms with Crippen molar-refractivity contribution in [1.82, 2.24) is 35.2 Å². The van der Waals surface area contributed by atoms with Crippen LogP contribution in [0.25, 0.3) is 0 Å². The highest BCUT2D eigenvalue weighted by molar-refractivity contribution is 5.80. The van der Waals surface area contributed by atoms with Gasteiger partial charge >= 0.3 is 0 Å². The molecule has 1 aliphatic carbocycles. The second-order valence-corrected chi connectivity index (χ2v) is 8.31. The summed E-state index contributed by atoms with van der Waals surface area (Å²) < 4.78 is 3.87. The van der Waals surface area contributed by atoms with Crippen LogP contribution in [0.2, 0.25) is 0 Å². The van der Waals surface area contributed by atoms with Crippen molar-refractivity contribution in [2.45, 2.75) is 64.1 Å². The Morgan fingerprint density at radius 3 is 2.55 bits per heavy atom. The molecule has 0 spiro atoms. The quantitative estimate of drug-likeness (QED) is 0.585. The Kier molecular flexibility index (Phi) is 6.01. The molecular weight excluding hydrogens is 366 g/mol. The minimum absolute atomic E-state index is 0.359. The molecule has 1 saturated heterocycles. The molecular formula is C20H33N9. The average Bonchev–Trinajstić information content (AvgIpc) is 3.45. The molecule has 2 aromatic heterocycles. The van der Waals surface area contributed by atoms with Crippen molar-refractivity contribution in [2.24, 2.45) is 19.1 Å². The summed E-state index contributed by atoms with van der Waals surface area (Å²) in [5.41, 5.74) is 1.19. The lowest BCUT2D eigenvalue weighted by Gasteiger charge is -2.35. The van der Waals surface area contributed by atoms with Crippen LogP contribution >= 0.6 is 0 Å². The molecule has 1 saturated carbocycles. The first-order valence-corrected chi connectivity index (χ1v) is 10.7. The zero-order chi connectivity index (χ0) is 20.2. The van der Waals surface area contributed by atoms with Crippen molar-refractivity contribution in [2.75, 3.05) is 18.0 Å². The van der Waals surface area contributed by atoms with E-state index in [1.807, 2.05) is 36.5 Å². The van der Waals surface area contributed by atoms with Crippen LogP contribution in [0.4, 0.5) is 5.69 Å². The van der Waals surface area contributed by atoms with Crippen LogP contribution in [-0.4, -0.2) is 55.7 Å². The number of nitrogens with one attached hydrogen (secondary N) is 2. The van der Waals surface area contributed by atoms with Crippen LogP contribution in [0.3, 0.4) is 0 Å². The van der Waals surface area contributed by atoms with Gasteiger partial charge in [-0.1, -0.05) is 12.8 Å². The predicted molar refractivity (Wildman–Crippen MR) is 114 cm³/mol. The molecule has 158 valence electrons.